The molecule has 0 radical (unpaired) electrons. The molecule has 0 bridgehead atoms. The Labute approximate surface area is 96.9 Å². The summed E-state index contributed by atoms with van der Waals surface area (Å²) in [5, 5.41) is 2.91. The molecule has 0 aromatic rings. The summed E-state index contributed by atoms with van der Waals surface area (Å²) in [5.41, 5.74) is 1.06. The van der Waals surface area contributed by atoms with Crippen LogP contribution in [0.5, 0.6) is 0 Å². The zero-order chi connectivity index (χ0) is 11.1. The van der Waals surface area contributed by atoms with E-state index in [1.165, 1.54) is 24.2 Å². The Morgan fingerprint density at radius 3 is 2.73 bits per heavy atom. The van der Waals surface area contributed by atoms with Gasteiger partial charge in [-0.2, -0.15) is 0 Å². The third-order valence-corrected chi connectivity index (χ3v) is 3.92. The molecule has 0 fully saturated rings. The van der Waals surface area contributed by atoms with E-state index in [-0.39, 0.29) is 5.91 Å². The Bertz CT molecular complexity index is 248. The van der Waals surface area contributed by atoms with Crippen molar-refractivity contribution in [1.82, 2.24) is 5.32 Å². The molecule has 3 heteroatoms. The number of hydrogen-bond acceptors (Lipinski definition) is 2. The summed E-state index contributed by atoms with van der Waals surface area (Å²) >= 11 is 1.88. The van der Waals surface area contributed by atoms with Crippen molar-refractivity contribution >= 4 is 17.7 Å². The first-order valence-electron chi connectivity index (χ1n) is 5.92. The maximum absolute atomic E-state index is 11.8. The van der Waals surface area contributed by atoms with E-state index >= 15 is 0 Å². The highest BCUT2D eigenvalue weighted by atomic mass is 32.2. The van der Waals surface area contributed by atoms with Crippen molar-refractivity contribution < 1.29 is 4.79 Å². The number of carbonyl (C=O) groups is 1. The van der Waals surface area contributed by atoms with Crippen LogP contribution < -0.4 is 5.32 Å². The predicted octanol–water partition coefficient (Wildman–Crippen LogP) is 3.09. The van der Waals surface area contributed by atoms with Gasteiger partial charge in [-0.25, -0.2) is 0 Å². The Morgan fingerprint density at radius 2 is 2.07 bits per heavy atom. The second kappa shape index (κ2) is 6.94. The number of allylic oxidation sites excluding steroid dienone is 1. The normalized spacial score (nSPS) is 16.7. The molecule has 0 aromatic carbocycles. The molecule has 0 atom stereocenters. The Hall–Kier alpha value is -0.440. The second-order valence-electron chi connectivity index (χ2n) is 3.82. The molecule has 1 rings (SSSR count). The van der Waals surface area contributed by atoms with Gasteiger partial charge in [-0.3, -0.25) is 4.79 Å². The van der Waals surface area contributed by atoms with Crippen molar-refractivity contribution in [2.45, 2.75) is 46.0 Å². The van der Waals surface area contributed by atoms with Gasteiger partial charge in [-0.1, -0.05) is 6.92 Å². The van der Waals surface area contributed by atoms with Crippen molar-refractivity contribution in [2.24, 2.45) is 0 Å². The topological polar surface area (TPSA) is 29.1 Å². The highest BCUT2D eigenvalue weighted by Crippen LogP contribution is 2.33. The second-order valence-corrected chi connectivity index (χ2v) is 5.01. The lowest BCUT2D eigenvalue weighted by atomic mass is 9.99. The van der Waals surface area contributed by atoms with Gasteiger partial charge in [-0.15, -0.1) is 11.8 Å². The van der Waals surface area contributed by atoms with Crippen LogP contribution in [0.25, 0.3) is 0 Å². The lowest BCUT2D eigenvalue weighted by molar-refractivity contribution is -0.117. The highest BCUT2D eigenvalue weighted by Gasteiger charge is 2.18. The van der Waals surface area contributed by atoms with Crippen molar-refractivity contribution in [1.29, 1.82) is 0 Å². The predicted molar refractivity (Wildman–Crippen MR) is 66.9 cm³/mol. The van der Waals surface area contributed by atoms with Crippen LogP contribution in [0.15, 0.2) is 10.5 Å². The number of carbonyl (C=O) groups excluding carboxylic acids is 1. The quantitative estimate of drug-likeness (QED) is 0.782. The number of thioether (sulfide) groups is 1. The minimum atomic E-state index is 0.163. The van der Waals surface area contributed by atoms with Crippen molar-refractivity contribution in [3.05, 3.63) is 10.5 Å². The minimum Gasteiger partial charge on any atom is -0.353 e. The highest BCUT2D eigenvalue weighted by molar-refractivity contribution is 8.03. The van der Waals surface area contributed by atoms with Gasteiger partial charge in [0.05, 0.1) is 0 Å². The van der Waals surface area contributed by atoms with Crippen LogP contribution in [-0.2, 0) is 4.79 Å². The maximum Gasteiger partial charge on any atom is 0.247 e. The van der Waals surface area contributed by atoms with Crippen LogP contribution in [0.1, 0.15) is 46.0 Å². The molecule has 0 unspecified atom stereocenters. The van der Waals surface area contributed by atoms with Gasteiger partial charge in [0.15, 0.2) is 0 Å². The van der Waals surface area contributed by atoms with Crippen molar-refractivity contribution in [3.8, 4) is 0 Å². The minimum absolute atomic E-state index is 0.163. The average molecular weight is 227 g/mol. The molecule has 1 N–H and O–H groups in total. The molecule has 0 aromatic heterocycles. The van der Waals surface area contributed by atoms with Gasteiger partial charge >= 0.3 is 0 Å². The molecular formula is C12H21NOS. The van der Waals surface area contributed by atoms with Gasteiger partial charge in [0.2, 0.25) is 5.91 Å². The lowest BCUT2D eigenvalue weighted by Crippen LogP contribution is -2.26. The summed E-state index contributed by atoms with van der Waals surface area (Å²) in [5.74, 6) is 1.30. The van der Waals surface area contributed by atoms with E-state index in [1.54, 1.807) is 0 Å². The van der Waals surface area contributed by atoms with E-state index in [4.69, 9.17) is 0 Å². The Morgan fingerprint density at radius 1 is 1.33 bits per heavy atom. The molecule has 0 spiro atoms. The largest absolute Gasteiger partial charge is 0.353 e. The van der Waals surface area contributed by atoms with Crippen LogP contribution in [0.3, 0.4) is 0 Å². The number of amides is 1. The molecule has 0 saturated carbocycles. The zero-order valence-electron chi connectivity index (χ0n) is 9.77. The zero-order valence-corrected chi connectivity index (χ0v) is 10.6. The standard InChI is InChI=1S/C12H21NOS/c1-3-9-15-11-8-6-5-7-10(11)12(14)13-4-2/h3-9H2,1-2H3,(H,13,14). The molecule has 2 nitrogen and oxygen atoms in total. The summed E-state index contributed by atoms with van der Waals surface area (Å²) in [6, 6.07) is 0. The summed E-state index contributed by atoms with van der Waals surface area (Å²) in [7, 11) is 0. The smallest absolute Gasteiger partial charge is 0.247 e. The van der Waals surface area contributed by atoms with Crippen molar-refractivity contribution in [2.75, 3.05) is 12.3 Å². The van der Waals surface area contributed by atoms with Crippen LogP contribution in [0.4, 0.5) is 0 Å². The van der Waals surface area contributed by atoms with Crippen molar-refractivity contribution in [3.63, 3.8) is 0 Å². The summed E-state index contributed by atoms with van der Waals surface area (Å²) in [4.78, 5) is 13.1. The number of hydrogen-bond donors (Lipinski definition) is 1. The number of nitrogens with one attached hydrogen (secondary N) is 1. The summed E-state index contributed by atoms with van der Waals surface area (Å²) in [6.45, 7) is 4.89. The van der Waals surface area contributed by atoms with E-state index < -0.39 is 0 Å². The van der Waals surface area contributed by atoms with E-state index in [1.807, 2.05) is 18.7 Å². The van der Waals surface area contributed by atoms with Crippen LogP contribution in [-0.4, -0.2) is 18.2 Å². The number of likely N-dealkylation sites (N-methyl/N-ethyl adjacent to an activating group) is 1. The third kappa shape index (κ3) is 3.90. The summed E-state index contributed by atoms with van der Waals surface area (Å²) < 4.78 is 0. The first kappa shape index (κ1) is 12.6. The fourth-order valence-electron chi connectivity index (χ4n) is 1.77. The Kier molecular flexibility index (Phi) is 5.84. The molecule has 1 aliphatic rings. The molecule has 0 heterocycles. The molecule has 86 valence electrons. The summed E-state index contributed by atoms with van der Waals surface area (Å²) in [6.07, 6.45) is 5.67. The van der Waals surface area contributed by atoms with Gasteiger partial charge in [-0.05, 0) is 49.7 Å². The number of rotatable bonds is 5. The van der Waals surface area contributed by atoms with E-state index in [0.29, 0.717) is 0 Å². The molecule has 1 aliphatic carbocycles. The molecule has 1 amide bonds. The maximum atomic E-state index is 11.8. The molecule has 0 saturated heterocycles. The third-order valence-electron chi connectivity index (χ3n) is 2.51. The van der Waals surface area contributed by atoms with Gasteiger partial charge < -0.3 is 5.32 Å². The van der Waals surface area contributed by atoms with Crippen LogP contribution in [0.2, 0.25) is 0 Å². The van der Waals surface area contributed by atoms with Crippen LogP contribution in [0, 0.1) is 0 Å². The monoisotopic (exact) mass is 227 g/mol. The van der Waals surface area contributed by atoms with Gasteiger partial charge in [0.25, 0.3) is 0 Å². The van der Waals surface area contributed by atoms with Gasteiger partial charge in [0.1, 0.15) is 0 Å². The first-order valence-corrected chi connectivity index (χ1v) is 6.91. The van der Waals surface area contributed by atoms with Crippen LogP contribution >= 0.6 is 11.8 Å². The van der Waals surface area contributed by atoms with E-state index in [0.717, 1.165) is 30.7 Å². The Balaban J connectivity index is 2.66. The molecular weight excluding hydrogens is 206 g/mol. The first-order chi connectivity index (χ1) is 7.29. The fraction of sp³-hybridized carbons (Fsp3) is 0.750. The fourth-order valence-corrected chi connectivity index (χ4v) is 2.88. The molecule has 0 aliphatic heterocycles. The van der Waals surface area contributed by atoms with E-state index in [2.05, 4.69) is 12.2 Å². The SMILES string of the molecule is CCCSC1=C(C(=O)NCC)CCCC1. The van der Waals surface area contributed by atoms with Gasteiger partial charge in [0, 0.05) is 12.1 Å². The molecule has 15 heavy (non-hydrogen) atoms. The van der Waals surface area contributed by atoms with E-state index in [9.17, 15) is 4.79 Å². The lowest BCUT2D eigenvalue weighted by Gasteiger charge is -2.19. The average Bonchev–Trinajstić information content (AvgIpc) is 2.27.